The van der Waals surface area contributed by atoms with Crippen LogP contribution in [-0.2, 0) is 0 Å². The molecule has 0 aromatic heterocycles. The summed E-state index contributed by atoms with van der Waals surface area (Å²) in [6, 6.07) is 10.0. The molecule has 1 aliphatic rings. The summed E-state index contributed by atoms with van der Waals surface area (Å²) in [5, 5.41) is 0. The van der Waals surface area contributed by atoms with Gasteiger partial charge in [0.15, 0.2) is 0 Å². The lowest BCUT2D eigenvalue weighted by Crippen LogP contribution is -2.01. The van der Waals surface area contributed by atoms with Crippen LogP contribution < -0.4 is 0 Å². The van der Waals surface area contributed by atoms with Crippen LogP contribution in [0.2, 0.25) is 0 Å². The van der Waals surface area contributed by atoms with Crippen molar-refractivity contribution in [2.45, 2.75) is 13.3 Å². The maximum Gasteiger partial charge on any atom is 0.0633 e. The van der Waals surface area contributed by atoms with Crippen molar-refractivity contribution in [2.24, 2.45) is 4.99 Å². The molecule has 0 radical (unpaired) electrons. The van der Waals surface area contributed by atoms with E-state index in [-0.39, 0.29) is 0 Å². The van der Waals surface area contributed by atoms with Crippen molar-refractivity contribution < 1.29 is 0 Å². The van der Waals surface area contributed by atoms with E-state index in [1.165, 1.54) is 5.57 Å². The second-order valence-corrected chi connectivity index (χ2v) is 4.29. The topological polar surface area (TPSA) is 12.4 Å². The summed E-state index contributed by atoms with van der Waals surface area (Å²) >= 11 is 3.58. The molecule has 0 saturated heterocycles. The van der Waals surface area contributed by atoms with Gasteiger partial charge in [-0.2, -0.15) is 0 Å². The van der Waals surface area contributed by atoms with Gasteiger partial charge in [-0.15, -0.1) is 0 Å². The average Bonchev–Trinajstić information content (AvgIpc) is 2.26. The van der Waals surface area contributed by atoms with Crippen molar-refractivity contribution in [3.63, 3.8) is 0 Å². The molecule has 0 spiro atoms. The molecular formula is C13H12BrN. The van der Waals surface area contributed by atoms with Crippen LogP contribution in [0.25, 0.3) is 0 Å². The van der Waals surface area contributed by atoms with E-state index in [0.717, 1.165) is 22.3 Å². The number of hydrogen-bond donors (Lipinski definition) is 0. The first-order valence-corrected chi connectivity index (χ1v) is 5.72. The van der Waals surface area contributed by atoms with E-state index in [1.54, 1.807) is 0 Å². The minimum atomic E-state index is 0.896. The van der Waals surface area contributed by atoms with Crippen LogP contribution in [0.3, 0.4) is 0 Å². The molecule has 0 bridgehead atoms. The zero-order valence-corrected chi connectivity index (χ0v) is 10.2. The predicted molar refractivity (Wildman–Crippen MR) is 68.9 cm³/mol. The molecule has 0 amide bonds. The molecule has 0 aliphatic heterocycles. The van der Waals surface area contributed by atoms with Crippen LogP contribution in [-0.4, -0.2) is 5.71 Å². The molecule has 0 unspecified atom stereocenters. The molecule has 1 nitrogen and oxygen atoms in total. The van der Waals surface area contributed by atoms with E-state index in [2.05, 4.69) is 40.0 Å². The Bertz CT molecular complexity index is 441. The zero-order chi connectivity index (χ0) is 10.7. The van der Waals surface area contributed by atoms with Gasteiger partial charge in [-0.05, 0) is 40.6 Å². The van der Waals surface area contributed by atoms with Crippen LogP contribution >= 0.6 is 15.9 Å². The highest BCUT2D eigenvalue weighted by Gasteiger charge is 2.09. The first kappa shape index (κ1) is 10.4. The molecule has 0 N–H and O–H groups in total. The third-order valence-electron chi connectivity index (χ3n) is 2.30. The predicted octanol–water partition coefficient (Wildman–Crippen LogP) is 4.39. The van der Waals surface area contributed by atoms with Crippen molar-refractivity contribution in [2.75, 3.05) is 0 Å². The van der Waals surface area contributed by atoms with Crippen LogP contribution in [0.4, 0.5) is 5.69 Å². The van der Waals surface area contributed by atoms with Crippen molar-refractivity contribution in [1.29, 1.82) is 0 Å². The Morgan fingerprint density at radius 1 is 1.20 bits per heavy atom. The summed E-state index contributed by atoms with van der Waals surface area (Å²) in [4.78, 5) is 4.61. The van der Waals surface area contributed by atoms with Crippen LogP contribution in [0, 0.1) is 0 Å². The minimum Gasteiger partial charge on any atom is -0.252 e. The Morgan fingerprint density at radius 2 is 1.93 bits per heavy atom. The third kappa shape index (κ3) is 2.45. The SMILES string of the molecule is CC1=C(Br)C(=Nc2ccccc2)CC=C1. The molecule has 1 aliphatic carbocycles. The van der Waals surface area contributed by atoms with Gasteiger partial charge < -0.3 is 0 Å². The molecular weight excluding hydrogens is 250 g/mol. The normalized spacial score (nSPS) is 18.7. The second-order valence-electron chi connectivity index (χ2n) is 3.50. The Balaban J connectivity index is 2.34. The molecule has 0 fully saturated rings. The smallest absolute Gasteiger partial charge is 0.0633 e. The van der Waals surface area contributed by atoms with E-state index in [1.807, 2.05) is 30.3 Å². The van der Waals surface area contributed by atoms with Gasteiger partial charge in [0.1, 0.15) is 0 Å². The lowest BCUT2D eigenvalue weighted by molar-refractivity contribution is 1.34. The maximum atomic E-state index is 4.61. The number of halogens is 1. The Hall–Kier alpha value is -1.15. The highest BCUT2D eigenvalue weighted by atomic mass is 79.9. The summed E-state index contributed by atoms with van der Waals surface area (Å²) < 4.78 is 1.12. The number of para-hydroxylation sites is 1. The third-order valence-corrected chi connectivity index (χ3v) is 3.38. The summed E-state index contributed by atoms with van der Waals surface area (Å²) in [7, 11) is 0. The van der Waals surface area contributed by atoms with Gasteiger partial charge in [-0.3, -0.25) is 4.99 Å². The van der Waals surface area contributed by atoms with Crippen molar-refractivity contribution in [3.8, 4) is 0 Å². The summed E-state index contributed by atoms with van der Waals surface area (Å²) in [6.07, 6.45) is 5.16. The number of benzene rings is 1. The number of nitrogens with zero attached hydrogens (tertiary/aromatic N) is 1. The summed E-state index contributed by atoms with van der Waals surface area (Å²) in [6.45, 7) is 2.08. The van der Waals surface area contributed by atoms with E-state index in [4.69, 9.17) is 0 Å². The highest BCUT2D eigenvalue weighted by Crippen LogP contribution is 2.24. The zero-order valence-electron chi connectivity index (χ0n) is 8.57. The Labute approximate surface area is 98.4 Å². The van der Waals surface area contributed by atoms with E-state index < -0.39 is 0 Å². The van der Waals surface area contributed by atoms with E-state index in [0.29, 0.717) is 0 Å². The molecule has 15 heavy (non-hydrogen) atoms. The monoisotopic (exact) mass is 261 g/mol. The number of hydrogen-bond acceptors (Lipinski definition) is 1. The second kappa shape index (κ2) is 4.58. The van der Waals surface area contributed by atoms with E-state index >= 15 is 0 Å². The van der Waals surface area contributed by atoms with Crippen LogP contribution in [0.5, 0.6) is 0 Å². The van der Waals surface area contributed by atoms with Crippen LogP contribution in [0.1, 0.15) is 13.3 Å². The fraction of sp³-hybridized carbons (Fsp3) is 0.154. The molecule has 0 saturated carbocycles. The minimum absolute atomic E-state index is 0.896. The number of aliphatic imine (C=N–C) groups is 1. The molecule has 1 aromatic carbocycles. The van der Waals surface area contributed by atoms with Crippen molar-refractivity contribution >= 4 is 27.3 Å². The number of allylic oxidation sites excluding steroid dienone is 4. The van der Waals surface area contributed by atoms with Gasteiger partial charge in [0.05, 0.1) is 11.4 Å². The molecule has 76 valence electrons. The van der Waals surface area contributed by atoms with Gasteiger partial charge in [0.25, 0.3) is 0 Å². The van der Waals surface area contributed by atoms with Crippen LogP contribution in [0.15, 0.2) is 57.5 Å². The summed E-state index contributed by atoms with van der Waals surface area (Å²) in [5.74, 6) is 0. The van der Waals surface area contributed by atoms with Crippen molar-refractivity contribution in [3.05, 3.63) is 52.5 Å². The van der Waals surface area contributed by atoms with Gasteiger partial charge in [-0.25, -0.2) is 0 Å². The molecule has 1 aromatic rings. The quantitative estimate of drug-likeness (QED) is 0.711. The Morgan fingerprint density at radius 3 is 2.67 bits per heavy atom. The van der Waals surface area contributed by atoms with Gasteiger partial charge in [0.2, 0.25) is 0 Å². The molecule has 0 heterocycles. The average molecular weight is 262 g/mol. The fourth-order valence-electron chi connectivity index (χ4n) is 1.49. The molecule has 2 rings (SSSR count). The maximum absolute atomic E-state index is 4.61. The lowest BCUT2D eigenvalue weighted by Gasteiger charge is -2.10. The van der Waals surface area contributed by atoms with Gasteiger partial charge in [0, 0.05) is 10.9 Å². The first-order chi connectivity index (χ1) is 7.27. The van der Waals surface area contributed by atoms with Crippen molar-refractivity contribution in [1.82, 2.24) is 0 Å². The highest BCUT2D eigenvalue weighted by molar-refractivity contribution is 9.12. The molecule has 0 atom stereocenters. The van der Waals surface area contributed by atoms with Gasteiger partial charge >= 0.3 is 0 Å². The Kier molecular flexibility index (Phi) is 3.17. The lowest BCUT2D eigenvalue weighted by atomic mass is 10.1. The van der Waals surface area contributed by atoms with E-state index in [9.17, 15) is 0 Å². The summed E-state index contributed by atoms with van der Waals surface area (Å²) in [5.41, 5.74) is 3.34. The fourth-order valence-corrected chi connectivity index (χ4v) is 1.87. The largest absolute Gasteiger partial charge is 0.252 e. The van der Waals surface area contributed by atoms with Gasteiger partial charge in [-0.1, -0.05) is 30.4 Å². The first-order valence-electron chi connectivity index (χ1n) is 4.93. The molecule has 2 heteroatoms. The standard InChI is InChI=1S/C13H12BrN/c1-10-6-5-9-12(13(10)14)15-11-7-3-2-4-8-11/h2-8H,9H2,1H3. The number of rotatable bonds is 1.